The van der Waals surface area contributed by atoms with E-state index in [1.54, 1.807) is 12.1 Å². The van der Waals surface area contributed by atoms with Crippen LogP contribution in [0.15, 0.2) is 36.4 Å². The van der Waals surface area contributed by atoms with E-state index >= 15 is 0 Å². The molecule has 0 bridgehead atoms. The normalized spacial score (nSPS) is 18.0. The molecular weight excluding hydrogens is 265 g/mol. The van der Waals surface area contributed by atoms with Crippen LogP contribution in [0.1, 0.15) is 36.0 Å². The molecular formula is C18H18FNO. The fourth-order valence-electron chi connectivity index (χ4n) is 2.97. The van der Waals surface area contributed by atoms with Crippen molar-refractivity contribution >= 4 is 16.7 Å². The third-order valence-electron chi connectivity index (χ3n) is 4.50. The Labute approximate surface area is 123 Å². The Morgan fingerprint density at radius 2 is 1.76 bits per heavy atom. The molecule has 0 spiro atoms. The minimum Gasteiger partial charge on any atom is -0.335 e. The van der Waals surface area contributed by atoms with Gasteiger partial charge in [-0.2, -0.15) is 0 Å². The number of hydrogen-bond donors (Lipinski definition) is 0. The fourth-order valence-corrected chi connectivity index (χ4v) is 2.97. The van der Waals surface area contributed by atoms with Crippen molar-refractivity contribution in [3.63, 3.8) is 0 Å². The molecule has 2 aromatic carbocycles. The molecule has 0 saturated heterocycles. The minimum absolute atomic E-state index is 0.0700. The van der Waals surface area contributed by atoms with Crippen LogP contribution in [0.2, 0.25) is 0 Å². The van der Waals surface area contributed by atoms with Gasteiger partial charge in [0, 0.05) is 23.5 Å². The minimum atomic E-state index is -0.262. The van der Waals surface area contributed by atoms with E-state index in [0.29, 0.717) is 22.9 Å². The number of hydrogen-bond acceptors (Lipinski definition) is 1. The third kappa shape index (κ3) is 2.41. The van der Waals surface area contributed by atoms with Gasteiger partial charge in [-0.05, 0) is 49.1 Å². The molecule has 0 aliphatic heterocycles. The number of fused-ring (bicyclic) bond motifs is 1. The molecule has 2 fully saturated rings. The molecule has 0 N–H and O–H groups in total. The van der Waals surface area contributed by atoms with E-state index in [-0.39, 0.29) is 11.7 Å². The number of benzene rings is 2. The average Bonchev–Trinajstić information content (AvgIpc) is 3.38. The number of nitrogens with zero attached hydrogens (tertiary/aromatic N) is 1. The number of carbonyl (C=O) groups is 1. The summed E-state index contributed by atoms with van der Waals surface area (Å²) in [6.45, 7) is 0.870. The summed E-state index contributed by atoms with van der Waals surface area (Å²) in [5, 5.41) is 1.26. The quantitative estimate of drug-likeness (QED) is 0.830. The molecule has 3 heteroatoms. The number of halogens is 1. The van der Waals surface area contributed by atoms with E-state index in [0.717, 1.165) is 24.8 Å². The zero-order valence-corrected chi connectivity index (χ0v) is 11.9. The van der Waals surface area contributed by atoms with E-state index in [1.807, 2.05) is 23.1 Å². The molecule has 108 valence electrons. The van der Waals surface area contributed by atoms with Gasteiger partial charge in [-0.1, -0.05) is 24.3 Å². The summed E-state index contributed by atoms with van der Waals surface area (Å²) in [6, 6.07) is 10.7. The van der Waals surface area contributed by atoms with E-state index in [9.17, 15) is 9.18 Å². The van der Waals surface area contributed by atoms with Gasteiger partial charge in [0.1, 0.15) is 5.82 Å². The molecule has 0 unspecified atom stereocenters. The molecule has 0 atom stereocenters. The first-order valence-corrected chi connectivity index (χ1v) is 7.72. The van der Waals surface area contributed by atoms with Gasteiger partial charge < -0.3 is 4.90 Å². The first-order chi connectivity index (χ1) is 10.2. The van der Waals surface area contributed by atoms with Crippen molar-refractivity contribution in [2.75, 3.05) is 6.54 Å². The lowest BCUT2D eigenvalue weighted by atomic mass is 10.0. The summed E-state index contributed by atoms with van der Waals surface area (Å²) in [4.78, 5) is 14.9. The largest absolute Gasteiger partial charge is 0.335 e. The lowest BCUT2D eigenvalue weighted by molar-refractivity contribution is 0.0737. The second kappa shape index (κ2) is 4.83. The Morgan fingerprint density at radius 1 is 1.05 bits per heavy atom. The third-order valence-corrected chi connectivity index (χ3v) is 4.50. The van der Waals surface area contributed by atoms with Gasteiger partial charge in [0.05, 0.1) is 0 Å². The lowest BCUT2D eigenvalue weighted by Gasteiger charge is -2.23. The topological polar surface area (TPSA) is 20.3 Å². The van der Waals surface area contributed by atoms with Crippen molar-refractivity contribution in [3.8, 4) is 0 Å². The Kier molecular flexibility index (Phi) is 2.95. The monoisotopic (exact) mass is 283 g/mol. The maximum atomic E-state index is 13.9. The fraction of sp³-hybridized carbons (Fsp3) is 0.389. The Balaban J connectivity index is 1.74. The summed E-state index contributed by atoms with van der Waals surface area (Å²) in [7, 11) is 0. The van der Waals surface area contributed by atoms with Crippen LogP contribution in [0.3, 0.4) is 0 Å². The number of carbonyl (C=O) groups excluding carboxylic acids is 1. The summed E-state index contributed by atoms with van der Waals surface area (Å²) in [6.07, 6.45) is 4.69. The highest BCUT2D eigenvalue weighted by molar-refractivity contribution is 6.07. The van der Waals surface area contributed by atoms with Crippen molar-refractivity contribution in [1.29, 1.82) is 0 Å². The lowest BCUT2D eigenvalue weighted by Crippen LogP contribution is -2.35. The van der Waals surface area contributed by atoms with Gasteiger partial charge in [-0.25, -0.2) is 4.39 Å². The standard InChI is InChI=1S/C18H18FNO/c19-17-10-9-16(14-3-1-2-4-15(14)17)18(21)20(13-7-8-13)11-12-5-6-12/h1-4,9-10,12-13H,5-8,11H2. The van der Waals surface area contributed by atoms with Gasteiger partial charge in [0.25, 0.3) is 5.91 Å². The Morgan fingerprint density at radius 3 is 2.43 bits per heavy atom. The molecule has 21 heavy (non-hydrogen) atoms. The molecule has 1 amide bonds. The first kappa shape index (κ1) is 12.8. The SMILES string of the molecule is O=C(c1ccc(F)c2ccccc12)N(CC1CC1)C1CC1. The molecule has 2 aliphatic rings. The van der Waals surface area contributed by atoms with E-state index < -0.39 is 0 Å². The van der Waals surface area contributed by atoms with E-state index in [1.165, 1.54) is 18.9 Å². The Bertz CT molecular complexity index is 703. The highest BCUT2D eigenvalue weighted by atomic mass is 19.1. The molecule has 2 aliphatic carbocycles. The van der Waals surface area contributed by atoms with Crippen LogP contribution in [0.4, 0.5) is 4.39 Å². The highest BCUT2D eigenvalue weighted by Crippen LogP contribution is 2.36. The Hall–Kier alpha value is -1.90. The zero-order valence-electron chi connectivity index (χ0n) is 11.9. The summed E-state index contributed by atoms with van der Waals surface area (Å²) in [5.41, 5.74) is 0.638. The summed E-state index contributed by atoms with van der Waals surface area (Å²) >= 11 is 0. The smallest absolute Gasteiger partial charge is 0.254 e. The van der Waals surface area contributed by atoms with Crippen LogP contribution in [-0.4, -0.2) is 23.4 Å². The van der Waals surface area contributed by atoms with Gasteiger partial charge in [-0.15, -0.1) is 0 Å². The van der Waals surface area contributed by atoms with Gasteiger partial charge in [0.15, 0.2) is 0 Å². The van der Waals surface area contributed by atoms with Crippen LogP contribution >= 0.6 is 0 Å². The second-order valence-electron chi connectivity index (χ2n) is 6.27. The predicted octanol–water partition coefficient (Wildman–Crippen LogP) is 3.99. The van der Waals surface area contributed by atoms with Crippen LogP contribution in [0.25, 0.3) is 10.8 Å². The van der Waals surface area contributed by atoms with Crippen LogP contribution < -0.4 is 0 Å². The van der Waals surface area contributed by atoms with Crippen molar-refractivity contribution in [3.05, 3.63) is 47.8 Å². The van der Waals surface area contributed by atoms with Crippen molar-refractivity contribution in [2.45, 2.75) is 31.7 Å². The average molecular weight is 283 g/mol. The highest BCUT2D eigenvalue weighted by Gasteiger charge is 2.37. The maximum absolute atomic E-state index is 13.9. The van der Waals surface area contributed by atoms with Crippen molar-refractivity contribution in [2.24, 2.45) is 5.92 Å². The van der Waals surface area contributed by atoms with Crippen molar-refractivity contribution in [1.82, 2.24) is 4.90 Å². The van der Waals surface area contributed by atoms with Crippen LogP contribution in [0.5, 0.6) is 0 Å². The first-order valence-electron chi connectivity index (χ1n) is 7.72. The summed E-state index contributed by atoms with van der Waals surface area (Å²) in [5.74, 6) is 0.490. The molecule has 2 aromatic rings. The van der Waals surface area contributed by atoms with Gasteiger partial charge >= 0.3 is 0 Å². The number of amides is 1. The van der Waals surface area contributed by atoms with Crippen LogP contribution in [-0.2, 0) is 0 Å². The van der Waals surface area contributed by atoms with Crippen molar-refractivity contribution < 1.29 is 9.18 Å². The van der Waals surface area contributed by atoms with E-state index in [2.05, 4.69) is 0 Å². The number of rotatable bonds is 4. The molecule has 0 aromatic heterocycles. The van der Waals surface area contributed by atoms with E-state index in [4.69, 9.17) is 0 Å². The van der Waals surface area contributed by atoms with Gasteiger partial charge in [0.2, 0.25) is 0 Å². The van der Waals surface area contributed by atoms with Gasteiger partial charge in [-0.3, -0.25) is 4.79 Å². The molecule has 0 heterocycles. The molecule has 4 rings (SSSR count). The predicted molar refractivity (Wildman–Crippen MR) is 80.7 cm³/mol. The molecule has 2 nitrogen and oxygen atoms in total. The molecule has 2 saturated carbocycles. The summed E-state index contributed by atoms with van der Waals surface area (Å²) < 4.78 is 13.9. The van der Waals surface area contributed by atoms with Crippen LogP contribution in [0, 0.1) is 11.7 Å². The maximum Gasteiger partial charge on any atom is 0.254 e. The molecule has 0 radical (unpaired) electrons. The second-order valence-corrected chi connectivity index (χ2v) is 6.27. The zero-order chi connectivity index (χ0) is 14.4.